The van der Waals surface area contributed by atoms with Crippen molar-refractivity contribution in [2.75, 3.05) is 4.90 Å². The smallest absolute Gasteiger partial charge is 0.0468 e. The Hall–Kier alpha value is -6.22. The molecule has 0 N–H and O–H groups in total. The molecule has 0 radical (unpaired) electrons. The highest BCUT2D eigenvalue weighted by molar-refractivity contribution is 7.25. The van der Waals surface area contributed by atoms with Crippen LogP contribution in [0.4, 0.5) is 17.1 Å². The van der Waals surface area contributed by atoms with E-state index in [1.165, 1.54) is 64.7 Å². The molecule has 8 aromatic carbocycles. The zero-order chi connectivity index (χ0) is 33.3. The van der Waals surface area contributed by atoms with E-state index in [0.29, 0.717) is 0 Å². The Kier molecular flexibility index (Phi) is 7.77. The van der Waals surface area contributed by atoms with E-state index in [9.17, 15) is 0 Å². The van der Waals surface area contributed by atoms with E-state index in [1.807, 2.05) is 11.3 Å². The molecule has 0 amide bonds. The predicted octanol–water partition coefficient (Wildman–Crippen LogP) is 14.2. The Bertz CT molecular complexity index is 2470. The van der Waals surface area contributed by atoms with Crippen LogP contribution in [-0.2, 0) is 0 Å². The zero-order valence-electron chi connectivity index (χ0n) is 27.4. The van der Waals surface area contributed by atoms with Crippen molar-refractivity contribution >= 4 is 48.6 Å². The SMILES string of the molecule is c1ccc(-c2ccc(N(c3ccc(-c4ccccc4)cc3)c3ccc(-c4ccc5sc6ccccc6c5c4)c(-c4ccccc4)c3)cc2)cc1. The molecule has 2 heteroatoms. The monoisotopic (exact) mass is 655 g/mol. The van der Waals surface area contributed by atoms with Gasteiger partial charge in [-0.05, 0) is 99.1 Å². The van der Waals surface area contributed by atoms with Gasteiger partial charge in [-0.25, -0.2) is 0 Å². The van der Waals surface area contributed by atoms with Gasteiger partial charge in [-0.1, -0.05) is 146 Å². The first-order valence-electron chi connectivity index (χ1n) is 17.0. The van der Waals surface area contributed by atoms with Crippen molar-refractivity contribution in [3.05, 3.63) is 200 Å². The standard InChI is InChI=1S/C48H33NS/c1-4-12-34(13-5-1)36-20-25-40(26-21-36)49(41-27-22-37(23-28-41)35-14-6-2-7-15-35)42-29-30-43(45(33-42)38-16-8-3-9-17-38)39-24-31-48-46(32-39)44-18-10-11-19-47(44)50-48/h1-33H. The van der Waals surface area contributed by atoms with E-state index >= 15 is 0 Å². The Morgan fingerprint density at radius 1 is 0.280 bits per heavy atom. The van der Waals surface area contributed by atoms with Gasteiger partial charge in [0.05, 0.1) is 0 Å². The molecule has 50 heavy (non-hydrogen) atoms. The van der Waals surface area contributed by atoms with Crippen LogP contribution in [0.3, 0.4) is 0 Å². The molecule has 0 bridgehead atoms. The fourth-order valence-corrected chi connectivity index (χ4v) is 8.07. The van der Waals surface area contributed by atoms with Crippen molar-refractivity contribution in [3.8, 4) is 44.5 Å². The molecule has 0 aliphatic rings. The van der Waals surface area contributed by atoms with Crippen LogP contribution >= 0.6 is 11.3 Å². The third-order valence-corrected chi connectivity index (χ3v) is 10.7. The molecule has 9 rings (SSSR count). The van der Waals surface area contributed by atoms with Gasteiger partial charge in [0.25, 0.3) is 0 Å². The maximum Gasteiger partial charge on any atom is 0.0468 e. The van der Waals surface area contributed by atoms with Crippen molar-refractivity contribution in [2.45, 2.75) is 0 Å². The number of hydrogen-bond acceptors (Lipinski definition) is 2. The molecule has 0 fully saturated rings. The average Bonchev–Trinajstić information content (AvgIpc) is 3.58. The van der Waals surface area contributed by atoms with E-state index < -0.39 is 0 Å². The summed E-state index contributed by atoms with van der Waals surface area (Å²) in [4.78, 5) is 2.37. The van der Waals surface area contributed by atoms with Crippen molar-refractivity contribution < 1.29 is 0 Å². The highest BCUT2D eigenvalue weighted by Crippen LogP contribution is 2.43. The number of benzene rings is 8. The first-order chi connectivity index (χ1) is 24.8. The molecule has 236 valence electrons. The summed E-state index contributed by atoms with van der Waals surface area (Å²) in [6, 6.07) is 72.4. The summed E-state index contributed by atoms with van der Waals surface area (Å²) in [5.41, 5.74) is 13.0. The summed E-state index contributed by atoms with van der Waals surface area (Å²) in [5.74, 6) is 0. The minimum Gasteiger partial charge on any atom is -0.310 e. The van der Waals surface area contributed by atoms with Crippen LogP contribution < -0.4 is 4.90 Å². The predicted molar refractivity (Wildman–Crippen MR) is 216 cm³/mol. The average molecular weight is 656 g/mol. The summed E-state index contributed by atoms with van der Waals surface area (Å²) < 4.78 is 2.64. The molecule has 9 aromatic rings. The lowest BCUT2D eigenvalue weighted by Gasteiger charge is -2.27. The molecule has 0 saturated heterocycles. The topological polar surface area (TPSA) is 3.24 Å². The normalized spacial score (nSPS) is 11.2. The third-order valence-electron chi connectivity index (χ3n) is 9.50. The molecule has 0 unspecified atom stereocenters. The van der Waals surface area contributed by atoms with Crippen LogP contribution in [0, 0.1) is 0 Å². The highest BCUT2D eigenvalue weighted by Gasteiger charge is 2.18. The Balaban J connectivity index is 1.20. The lowest BCUT2D eigenvalue weighted by molar-refractivity contribution is 1.28. The summed E-state index contributed by atoms with van der Waals surface area (Å²) in [6.07, 6.45) is 0. The molecule has 1 nitrogen and oxygen atoms in total. The van der Waals surface area contributed by atoms with Crippen molar-refractivity contribution in [1.29, 1.82) is 0 Å². The van der Waals surface area contributed by atoms with E-state index in [1.54, 1.807) is 0 Å². The van der Waals surface area contributed by atoms with Crippen molar-refractivity contribution in [2.24, 2.45) is 0 Å². The van der Waals surface area contributed by atoms with Gasteiger partial charge in [-0.2, -0.15) is 0 Å². The molecular formula is C48H33NS. The number of fused-ring (bicyclic) bond motifs is 3. The number of hydrogen-bond donors (Lipinski definition) is 0. The fourth-order valence-electron chi connectivity index (χ4n) is 6.99. The second-order valence-electron chi connectivity index (χ2n) is 12.6. The fraction of sp³-hybridized carbons (Fsp3) is 0. The molecule has 1 heterocycles. The number of rotatable bonds is 7. The van der Waals surface area contributed by atoms with Gasteiger partial charge in [0.1, 0.15) is 0 Å². The minimum atomic E-state index is 1.11. The Labute approximate surface area is 297 Å². The van der Waals surface area contributed by atoms with Crippen LogP contribution in [0.1, 0.15) is 0 Å². The number of anilines is 3. The van der Waals surface area contributed by atoms with Crippen molar-refractivity contribution in [3.63, 3.8) is 0 Å². The molecule has 0 spiro atoms. The van der Waals surface area contributed by atoms with E-state index in [-0.39, 0.29) is 0 Å². The van der Waals surface area contributed by atoms with Crippen LogP contribution in [0.2, 0.25) is 0 Å². The molecular weight excluding hydrogens is 623 g/mol. The maximum absolute atomic E-state index is 2.37. The van der Waals surface area contributed by atoms with Crippen LogP contribution in [-0.4, -0.2) is 0 Å². The van der Waals surface area contributed by atoms with Crippen LogP contribution in [0.15, 0.2) is 200 Å². The van der Waals surface area contributed by atoms with E-state index in [4.69, 9.17) is 0 Å². The quantitative estimate of drug-likeness (QED) is 0.165. The van der Waals surface area contributed by atoms with Gasteiger partial charge in [0.15, 0.2) is 0 Å². The molecule has 0 saturated carbocycles. The van der Waals surface area contributed by atoms with Gasteiger partial charge < -0.3 is 4.90 Å². The lowest BCUT2D eigenvalue weighted by atomic mass is 9.92. The summed E-state index contributed by atoms with van der Waals surface area (Å²) in [7, 11) is 0. The summed E-state index contributed by atoms with van der Waals surface area (Å²) in [5, 5.41) is 2.63. The molecule has 0 aliphatic heterocycles. The first kappa shape index (κ1) is 29.9. The number of thiophene rings is 1. The Morgan fingerprint density at radius 3 is 1.34 bits per heavy atom. The van der Waals surface area contributed by atoms with Gasteiger partial charge in [0, 0.05) is 37.2 Å². The van der Waals surface area contributed by atoms with Crippen LogP contribution in [0.5, 0.6) is 0 Å². The third kappa shape index (κ3) is 5.66. The minimum absolute atomic E-state index is 1.11. The van der Waals surface area contributed by atoms with Gasteiger partial charge in [-0.3, -0.25) is 0 Å². The molecule has 0 aliphatic carbocycles. The second-order valence-corrected chi connectivity index (χ2v) is 13.7. The van der Waals surface area contributed by atoms with E-state index in [2.05, 4.69) is 205 Å². The van der Waals surface area contributed by atoms with Gasteiger partial charge >= 0.3 is 0 Å². The Morgan fingerprint density at radius 2 is 0.740 bits per heavy atom. The van der Waals surface area contributed by atoms with Gasteiger partial charge in [-0.15, -0.1) is 11.3 Å². The maximum atomic E-state index is 2.37. The number of nitrogens with zero attached hydrogens (tertiary/aromatic N) is 1. The highest BCUT2D eigenvalue weighted by atomic mass is 32.1. The molecule has 0 atom stereocenters. The van der Waals surface area contributed by atoms with Crippen molar-refractivity contribution in [1.82, 2.24) is 0 Å². The summed E-state index contributed by atoms with van der Waals surface area (Å²) >= 11 is 1.86. The van der Waals surface area contributed by atoms with Crippen LogP contribution in [0.25, 0.3) is 64.7 Å². The first-order valence-corrected chi connectivity index (χ1v) is 17.8. The molecule has 1 aromatic heterocycles. The van der Waals surface area contributed by atoms with Gasteiger partial charge in [0.2, 0.25) is 0 Å². The second kappa shape index (κ2) is 13.0. The summed E-state index contributed by atoms with van der Waals surface area (Å²) in [6.45, 7) is 0. The van der Waals surface area contributed by atoms with E-state index in [0.717, 1.165) is 17.1 Å². The lowest BCUT2D eigenvalue weighted by Crippen LogP contribution is -2.10. The largest absolute Gasteiger partial charge is 0.310 e. The zero-order valence-corrected chi connectivity index (χ0v) is 28.2.